The average molecular weight is 313 g/mol. The lowest BCUT2D eigenvalue weighted by Gasteiger charge is -2.22. The van der Waals surface area contributed by atoms with Gasteiger partial charge in [0.1, 0.15) is 0 Å². The van der Waals surface area contributed by atoms with Crippen LogP contribution in [-0.2, 0) is 12.8 Å². The molecule has 0 aliphatic heterocycles. The largest absolute Gasteiger partial charge is 0.362 e. The number of benzene rings is 1. The third-order valence-corrected chi connectivity index (χ3v) is 3.69. The lowest BCUT2D eigenvalue weighted by atomic mass is 9.97. The summed E-state index contributed by atoms with van der Waals surface area (Å²) in [6.07, 6.45) is 1.84. The summed E-state index contributed by atoms with van der Waals surface area (Å²) < 4.78 is 0. The van der Waals surface area contributed by atoms with Crippen LogP contribution < -0.4 is 10.6 Å². The van der Waals surface area contributed by atoms with Crippen LogP contribution in [0, 0.1) is 5.41 Å². The van der Waals surface area contributed by atoms with E-state index in [0.717, 1.165) is 35.7 Å². The van der Waals surface area contributed by atoms with Crippen LogP contribution in [0.3, 0.4) is 0 Å². The monoisotopic (exact) mass is 312 g/mol. The lowest BCUT2D eigenvalue weighted by Crippen LogP contribution is -2.35. The van der Waals surface area contributed by atoms with Crippen LogP contribution in [-0.4, -0.2) is 11.7 Å². The Morgan fingerprint density at radius 1 is 1.20 bits per heavy atom. The van der Waals surface area contributed by atoms with E-state index in [9.17, 15) is 0 Å². The van der Waals surface area contributed by atoms with Gasteiger partial charge in [-0.1, -0.05) is 52.3 Å². The van der Waals surface area contributed by atoms with Crippen LogP contribution in [0.4, 0.5) is 5.69 Å². The van der Waals surface area contributed by atoms with Crippen molar-refractivity contribution < 1.29 is 0 Å². The van der Waals surface area contributed by atoms with Gasteiger partial charge in [0, 0.05) is 17.3 Å². The summed E-state index contributed by atoms with van der Waals surface area (Å²) >= 11 is 11.7. The van der Waals surface area contributed by atoms with E-state index >= 15 is 0 Å². The zero-order chi connectivity index (χ0) is 15.3. The highest BCUT2D eigenvalue weighted by molar-refractivity contribution is 7.80. The van der Waals surface area contributed by atoms with Crippen LogP contribution in [0.2, 0.25) is 5.02 Å². The van der Waals surface area contributed by atoms with Crippen LogP contribution in [0.15, 0.2) is 12.1 Å². The zero-order valence-corrected chi connectivity index (χ0v) is 14.6. The molecule has 4 heteroatoms. The number of aryl methyl sites for hydroxylation is 1. The molecule has 2 N–H and O–H groups in total. The van der Waals surface area contributed by atoms with E-state index in [-0.39, 0.29) is 5.41 Å². The second kappa shape index (κ2) is 7.28. The summed E-state index contributed by atoms with van der Waals surface area (Å²) in [5.41, 5.74) is 3.63. The molecule has 2 nitrogen and oxygen atoms in total. The molecule has 1 aromatic carbocycles. The summed E-state index contributed by atoms with van der Waals surface area (Å²) in [5.74, 6) is 0. The summed E-state index contributed by atoms with van der Waals surface area (Å²) in [5, 5.41) is 8.06. The fourth-order valence-corrected chi connectivity index (χ4v) is 2.44. The van der Waals surface area contributed by atoms with Crippen molar-refractivity contribution in [2.45, 2.75) is 47.5 Å². The molecule has 0 aliphatic carbocycles. The first-order valence-corrected chi connectivity index (χ1v) is 7.92. The smallest absolute Gasteiger partial charge is 0.170 e. The Morgan fingerprint density at radius 3 is 2.35 bits per heavy atom. The SMILES string of the molecule is CCc1ccc(Cl)c(CC)c1NC(=S)NCC(C)(C)C. The predicted octanol–water partition coefficient (Wildman–Crippen LogP) is 4.80. The first-order valence-electron chi connectivity index (χ1n) is 7.13. The lowest BCUT2D eigenvalue weighted by molar-refractivity contribution is 0.409. The molecule has 0 bridgehead atoms. The van der Waals surface area contributed by atoms with Gasteiger partial charge >= 0.3 is 0 Å². The standard InChI is InChI=1S/C16H25ClN2S/c1-6-11-8-9-13(17)12(7-2)14(11)19-15(20)18-10-16(3,4)5/h8-9H,6-7,10H2,1-5H3,(H2,18,19,20). The van der Waals surface area contributed by atoms with E-state index in [2.05, 4.69) is 51.3 Å². The normalized spacial score (nSPS) is 11.3. The molecule has 0 heterocycles. The topological polar surface area (TPSA) is 24.1 Å². The van der Waals surface area contributed by atoms with E-state index in [1.54, 1.807) is 0 Å². The van der Waals surface area contributed by atoms with Crippen LogP contribution in [0.25, 0.3) is 0 Å². The van der Waals surface area contributed by atoms with Crippen LogP contribution in [0.1, 0.15) is 45.7 Å². The Kier molecular flexibility index (Phi) is 6.28. The van der Waals surface area contributed by atoms with Crippen molar-refractivity contribution in [2.24, 2.45) is 5.41 Å². The molecule has 0 amide bonds. The minimum Gasteiger partial charge on any atom is -0.362 e. The van der Waals surface area contributed by atoms with Gasteiger partial charge < -0.3 is 10.6 Å². The number of thiocarbonyl (C=S) groups is 1. The molecule has 0 saturated heterocycles. The van der Waals surface area contributed by atoms with E-state index in [1.807, 2.05) is 6.07 Å². The summed E-state index contributed by atoms with van der Waals surface area (Å²) in [6, 6.07) is 4.03. The van der Waals surface area contributed by atoms with Gasteiger partial charge in [0.05, 0.1) is 0 Å². The van der Waals surface area contributed by atoms with Gasteiger partial charge in [0.15, 0.2) is 5.11 Å². The summed E-state index contributed by atoms with van der Waals surface area (Å²) in [7, 11) is 0. The minimum atomic E-state index is 0.196. The first kappa shape index (κ1) is 17.3. The molecule has 0 unspecified atom stereocenters. The van der Waals surface area contributed by atoms with Gasteiger partial charge in [-0.15, -0.1) is 0 Å². The number of rotatable bonds is 4. The van der Waals surface area contributed by atoms with Gasteiger partial charge in [-0.2, -0.15) is 0 Å². The van der Waals surface area contributed by atoms with Crippen molar-refractivity contribution in [3.8, 4) is 0 Å². The second-order valence-corrected chi connectivity index (χ2v) is 6.95. The maximum absolute atomic E-state index is 6.29. The number of anilines is 1. The molecule has 0 aliphatic rings. The fraction of sp³-hybridized carbons (Fsp3) is 0.562. The number of hydrogen-bond acceptors (Lipinski definition) is 1. The molecular weight excluding hydrogens is 288 g/mol. The Bertz CT molecular complexity index is 478. The van der Waals surface area contributed by atoms with Crippen LogP contribution in [0.5, 0.6) is 0 Å². The van der Waals surface area contributed by atoms with Crippen molar-refractivity contribution in [2.75, 3.05) is 11.9 Å². The molecule has 0 fully saturated rings. The minimum absolute atomic E-state index is 0.196. The highest BCUT2D eigenvalue weighted by atomic mass is 35.5. The Labute approximate surface area is 133 Å². The van der Waals surface area contributed by atoms with E-state index in [1.165, 1.54) is 5.56 Å². The van der Waals surface area contributed by atoms with Crippen molar-refractivity contribution in [3.63, 3.8) is 0 Å². The number of nitrogens with one attached hydrogen (secondary N) is 2. The van der Waals surface area contributed by atoms with Gasteiger partial charge in [-0.25, -0.2) is 0 Å². The fourth-order valence-electron chi connectivity index (χ4n) is 1.97. The average Bonchev–Trinajstić information content (AvgIpc) is 2.36. The van der Waals surface area contributed by atoms with Gasteiger partial charge in [0.2, 0.25) is 0 Å². The first-order chi connectivity index (χ1) is 9.28. The van der Waals surface area contributed by atoms with E-state index in [0.29, 0.717) is 5.11 Å². The Balaban J connectivity index is 2.90. The van der Waals surface area contributed by atoms with Crippen molar-refractivity contribution >= 4 is 34.6 Å². The highest BCUT2D eigenvalue weighted by Gasteiger charge is 2.14. The van der Waals surface area contributed by atoms with E-state index in [4.69, 9.17) is 23.8 Å². The molecule has 1 aromatic rings. The second-order valence-electron chi connectivity index (χ2n) is 6.14. The zero-order valence-electron chi connectivity index (χ0n) is 13.1. The molecule has 0 aromatic heterocycles. The maximum atomic E-state index is 6.29. The predicted molar refractivity (Wildman–Crippen MR) is 93.9 cm³/mol. The third kappa shape index (κ3) is 4.95. The Hall–Kier alpha value is -0.800. The van der Waals surface area contributed by atoms with Gasteiger partial charge in [0.25, 0.3) is 0 Å². The van der Waals surface area contributed by atoms with Gasteiger partial charge in [-0.05, 0) is 47.7 Å². The van der Waals surface area contributed by atoms with Crippen molar-refractivity contribution in [3.05, 3.63) is 28.3 Å². The maximum Gasteiger partial charge on any atom is 0.170 e. The molecule has 0 atom stereocenters. The summed E-state index contributed by atoms with van der Waals surface area (Å²) in [6.45, 7) is 11.6. The Morgan fingerprint density at radius 2 is 1.85 bits per heavy atom. The molecule has 112 valence electrons. The van der Waals surface area contributed by atoms with Crippen molar-refractivity contribution in [1.82, 2.24) is 5.32 Å². The van der Waals surface area contributed by atoms with Crippen LogP contribution >= 0.6 is 23.8 Å². The number of hydrogen-bond donors (Lipinski definition) is 2. The molecule has 20 heavy (non-hydrogen) atoms. The molecule has 1 rings (SSSR count). The summed E-state index contributed by atoms with van der Waals surface area (Å²) in [4.78, 5) is 0. The molecular formula is C16H25ClN2S. The highest BCUT2D eigenvalue weighted by Crippen LogP contribution is 2.29. The quantitative estimate of drug-likeness (QED) is 0.781. The molecule has 0 spiro atoms. The third-order valence-electron chi connectivity index (χ3n) is 3.09. The molecule has 0 radical (unpaired) electrons. The molecule has 0 saturated carbocycles. The van der Waals surface area contributed by atoms with E-state index < -0.39 is 0 Å². The van der Waals surface area contributed by atoms with Gasteiger partial charge in [-0.3, -0.25) is 0 Å². The van der Waals surface area contributed by atoms with Crippen molar-refractivity contribution in [1.29, 1.82) is 0 Å². The number of halogens is 1.